The maximum atomic E-state index is 10.8. The van der Waals surface area contributed by atoms with Gasteiger partial charge in [-0.2, -0.15) is 0 Å². The fraction of sp³-hybridized carbons (Fsp3) is 0.0625. The van der Waals surface area contributed by atoms with Crippen LogP contribution < -0.4 is 4.74 Å². The Morgan fingerprint density at radius 3 is 2.20 bits per heavy atom. The maximum absolute atomic E-state index is 10.8. The fourth-order valence-corrected chi connectivity index (χ4v) is 3.19. The van der Waals surface area contributed by atoms with Crippen molar-refractivity contribution in [1.29, 1.82) is 0 Å². The second kappa shape index (κ2) is 6.86. The van der Waals surface area contributed by atoms with Crippen molar-refractivity contribution in [2.75, 3.05) is 0 Å². The van der Waals surface area contributed by atoms with Crippen molar-refractivity contribution in [2.45, 2.75) is 6.10 Å². The third-order valence-corrected chi connectivity index (χ3v) is 3.92. The highest BCUT2D eigenvalue weighted by atomic mass is 79.9. The molecule has 0 heterocycles. The zero-order chi connectivity index (χ0) is 14.5. The topological polar surface area (TPSA) is 26.3 Å². The molecule has 0 aromatic heterocycles. The minimum atomic E-state index is -0.258. The van der Waals surface area contributed by atoms with Crippen LogP contribution in [0.5, 0.6) is 5.75 Å². The summed E-state index contributed by atoms with van der Waals surface area (Å²) in [6.07, 6.45) is 2.27. The minimum Gasteiger partial charge on any atom is -0.479 e. The van der Waals surface area contributed by atoms with Crippen LogP contribution in [-0.4, -0.2) is 6.29 Å². The zero-order valence-corrected chi connectivity index (χ0v) is 13.7. The van der Waals surface area contributed by atoms with Crippen molar-refractivity contribution >= 4 is 38.1 Å². The molecule has 0 N–H and O–H groups in total. The van der Waals surface area contributed by atoms with Gasteiger partial charge >= 0.3 is 0 Å². The highest BCUT2D eigenvalue weighted by Gasteiger charge is 2.14. The fourth-order valence-electron chi connectivity index (χ4n) is 1.78. The van der Waals surface area contributed by atoms with Crippen LogP contribution >= 0.6 is 31.9 Å². The highest BCUT2D eigenvalue weighted by Crippen LogP contribution is 2.37. The first kappa shape index (κ1) is 15.0. The number of hydrogen-bond donors (Lipinski definition) is 0. The van der Waals surface area contributed by atoms with Gasteiger partial charge in [-0.1, -0.05) is 36.9 Å². The molecule has 102 valence electrons. The van der Waals surface area contributed by atoms with Gasteiger partial charge in [0.25, 0.3) is 0 Å². The lowest BCUT2D eigenvalue weighted by Crippen LogP contribution is -2.05. The average Bonchev–Trinajstić information content (AvgIpc) is 2.47. The third kappa shape index (κ3) is 3.38. The molecule has 0 aliphatic rings. The average molecular weight is 396 g/mol. The number of halogens is 2. The Morgan fingerprint density at radius 1 is 1.10 bits per heavy atom. The molecule has 20 heavy (non-hydrogen) atoms. The Morgan fingerprint density at radius 2 is 1.70 bits per heavy atom. The van der Waals surface area contributed by atoms with Gasteiger partial charge in [-0.25, -0.2) is 0 Å². The predicted molar refractivity (Wildman–Crippen MR) is 87.2 cm³/mol. The van der Waals surface area contributed by atoms with E-state index in [1.807, 2.05) is 30.3 Å². The number of carbonyl (C=O) groups excluding carboxylic acids is 1. The molecular formula is C16H12Br2O2. The SMILES string of the molecule is C=CC(Oc1c(Br)cc(C=O)cc1Br)c1ccccc1. The van der Waals surface area contributed by atoms with Gasteiger partial charge in [0.2, 0.25) is 0 Å². The van der Waals surface area contributed by atoms with Gasteiger partial charge in [-0.15, -0.1) is 0 Å². The molecule has 2 aromatic rings. The van der Waals surface area contributed by atoms with Gasteiger partial charge < -0.3 is 4.74 Å². The summed E-state index contributed by atoms with van der Waals surface area (Å²) in [4.78, 5) is 10.8. The van der Waals surface area contributed by atoms with Crippen molar-refractivity contribution in [3.63, 3.8) is 0 Å². The summed E-state index contributed by atoms with van der Waals surface area (Å²) in [6.45, 7) is 3.81. The van der Waals surface area contributed by atoms with E-state index >= 15 is 0 Å². The molecule has 0 spiro atoms. The highest BCUT2D eigenvalue weighted by molar-refractivity contribution is 9.11. The van der Waals surface area contributed by atoms with Crippen LogP contribution in [0.4, 0.5) is 0 Å². The molecule has 0 aliphatic carbocycles. The zero-order valence-electron chi connectivity index (χ0n) is 10.6. The van der Waals surface area contributed by atoms with E-state index < -0.39 is 0 Å². The van der Waals surface area contributed by atoms with E-state index in [1.165, 1.54) is 0 Å². The Hall–Kier alpha value is -1.39. The van der Waals surface area contributed by atoms with Gasteiger partial charge in [0, 0.05) is 5.56 Å². The van der Waals surface area contributed by atoms with Crippen molar-refractivity contribution in [3.05, 3.63) is 75.2 Å². The Bertz CT molecular complexity index is 601. The summed E-state index contributed by atoms with van der Waals surface area (Å²) in [5.41, 5.74) is 1.59. The van der Waals surface area contributed by atoms with E-state index in [-0.39, 0.29) is 6.10 Å². The van der Waals surface area contributed by atoms with Crippen molar-refractivity contribution < 1.29 is 9.53 Å². The molecular weight excluding hydrogens is 384 g/mol. The van der Waals surface area contributed by atoms with Gasteiger partial charge in [0.15, 0.2) is 0 Å². The normalized spacial score (nSPS) is 11.7. The van der Waals surface area contributed by atoms with Crippen LogP contribution in [-0.2, 0) is 0 Å². The second-order valence-corrected chi connectivity index (χ2v) is 5.83. The van der Waals surface area contributed by atoms with Crippen molar-refractivity contribution in [3.8, 4) is 5.75 Å². The predicted octanol–water partition coefficient (Wildman–Crippen LogP) is 5.33. The van der Waals surface area contributed by atoms with Crippen LogP contribution in [0.25, 0.3) is 0 Å². The lowest BCUT2D eigenvalue weighted by molar-refractivity contribution is 0.112. The van der Waals surface area contributed by atoms with Crippen molar-refractivity contribution in [2.24, 2.45) is 0 Å². The second-order valence-electron chi connectivity index (χ2n) is 4.12. The molecule has 0 bridgehead atoms. The molecule has 0 aliphatic heterocycles. The van der Waals surface area contributed by atoms with Gasteiger partial charge in [-0.05, 0) is 55.6 Å². The monoisotopic (exact) mass is 394 g/mol. The number of aldehydes is 1. The molecule has 0 saturated heterocycles. The molecule has 0 fully saturated rings. The third-order valence-electron chi connectivity index (χ3n) is 2.74. The summed E-state index contributed by atoms with van der Waals surface area (Å²) >= 11 is 6.84. The molecule has 0 saturated carbocycles. The van der Waals surface area contributed by atoms with E-state index in [0.717, 1.165) is 20.8 Å². The number of rotatable bonds is 5. The van der Waals surface area contributed by atoms with Crippen LogP contribution in [0.15, 0.2) is 64.1 Å². The van der Waals surface area contributed by atoms with Crippen LogP contribution in [0.1, 0.15) is 22.0 Å². The maximum Gasteiger partial charge on any atom is 0.150 e. The number of ether oxygens (including phenoxy) is 1. The summed E-state index contributed by atoms with van der Waals surface area (Å²) < 4.78 is 7.42. The lowest BCUT2D eigenvalue weighted by atomic mass is 10.1. The van der Waals surface area contributed by atoms with E-state index in [0.29, 0.717) is 11.3 Å². The van der Waals surface area contributed by atoms with Gasteiger partial charge in [0.05, 0.1) is 8.95 Å². The van der Waals surface area contributed by atoms with Crippen LogP contribution in [0.2, 0.25) is 0 Å². The summed E-state index contributed by atoms with van der Waals surface area (Å²) in [5.74, 6) is 0.643. The van der Waals surface area contributed by atoms with E-state index in [9.17, 15) is 4.79 Å². The lowest BCUT2D eigenvalue weighted by Gasteiger charge is -2.18. The molecule has 2 aromatic carbocycles. The Labute approximate surface area is 134 Å². The van der Waals surface area contributed by atoms with E-state index in [1.54, 1.807) is 18.2 Å². The smallest absolute Gasteiger partial charge is 0.150 e. The Kier molecular flexibility index (Phi) is 5.15. The van der Waals surface area contributed by atoms with Crippen LogP contribution in [0.3, 0.4) is 0 Å². The molecule has 4 heteroatoms. The standard InChI is InChI=1S/C16H12Br2O2/c1-2-15(12-6-4-3-5-7-12)20-16-13(17)8-11(10-19)9-14(16)18/h2-10,15H,1H2. The van der Waals surface area contributed by atoms with Crippen LogP contribution in [0, 0.1) is 0 Å². The number of hydrogen-bond acceptors (Lipinski definition) is 2. The van der Waals surface area contributed by atoms with E-state index in [2.05, 4.69) is 38.4 Å². The molecule has 1 unspecified atom stereocenters. The number of benzene rings is 2. The molecule has 0 amide bonds. The van der Waals surface area contributed by atoms with Crippen molar-refractivity contribution in [1.82, 2.24) is 0 Å². The molecule has 2 nitrogen and oxygen atoms in total. The van der Waals surface area contributed by atoms with E-state index in [4.69, 9.17) is 4.74 Å². The molecule has 0 radical (unpaired) electrons. The Balaban J connectivity index is 2.33. The minimum absolute atomic E-state index is 0.258. The first-order chi connectivity index (χ1) is 9.65. The summed E-state index contributed by atoms with van der Waals surface area (Å²) in [5, 5.41) is 0. The quantitative estimate of drug-likeness (QED) is 0.505. The largest absolute Gasteiger partial charge is 0.479 e. The summed E-state index contributed by atoms with van der Waals surface area (Å²) in [7, 11) is 0. The summed E-state index contributed by atoms with van der Waals surface area (Å²) in [6, 6.07) is 13.3. The molecule has 2 rings (SSSR count). The first-order valence-electron chi connectivity index (χ1n) is 5.94. The van der Waals surface area contributed by atoms with Gasteiger partial charge in [-0.3, -0.25) is 4.79 Å². The van der Waals surface area contributed by atoms with Gasteiger partial charge in [0.1, 0.15) is 18.1 Å². The molecule has 1 atom stereocenters. The number of carbonyl (C=O) groups is 1. The first-order valence-corrected chi connectivity index (χ1v) is 7.52.